The standard InChI is InChI=1S/C12H15N3O4S2/c1-7-10(8(2)15(3)14-7)5-13-21(18,19)11-4-9(6-20-11)12(16)17/h4,6,13H,5H2,1-3H3,(H,16,17). The molecule has 0 aliphatic heterocycles. The number of aromatic nitrogens is 2. The molecule has 2 aromatic heterocycles. The predicted molar refractivity (Wildman–Crippen MR) is 78.0 cm³/mol. The van der Waals surface area contributed by atoms with Crippen LogP contribution in [0.3, 0.4) is 0 Å². The Hall–Kier alpha value is -1.71. The van der Waals surface area contributed by atoms with Crippen LogP contribution in [0.2, 0.25) is 0 Å². The van der Waals surface area contributed by atoms with Gasteiger partial charge in [0.05, 0.1) is 11.3 Å². The number of rotatable bonds is 5. The van der Waals surface area contributed by atoms with Crippen molar-refractivity contribution in [1.82, 2.24) is 14.5 Å². The number of nitrogens with one attached hydrogen (secondary N) is 1. The summed E-state index contributed by atoms with van der Waals surface area (Å²) in [6.07, 6.45) is 0. The number of carboxylic acid groups (broad SMARTS) is 1. The fraction of sp³-hybridized carbons (Fsp3) is 0.333. The third-order valence-electron chi connectivity index (χ3n) is 3.19. The third kappa shape index (κ3) is 3.14. The minimum atomic E-state index is -3.73. The average molecular weight is 329 g/mol. The van der Waals surface area contributed by atoms with Gasteiger partial charge in [-0.15, -0.1) is 11.3 Å². The quantitative estimate of drug-likeness (QED) is 0.860. The van der Waals surface area contributed by atoms with Gasteiger partial charge in [-0.1, -0.05) is 0 Å². The SMILES string of the molecule is Cc1nn(C)c(C)c1CNS(=O)(=O)c1cc(C(=O)O)cs1. The molecule has 114 valence electrons. The fourth-order valence-corrected chi connectivity index (χ4v) is 4.07. The Morgan fingerprint density at radius 2 is 2.14 bits per heavy atom. The van der Waals surface area contributed by atoms with Gasteiger partial charge in [-0.05, 0) is 19.9 Å². The molecule has 0 saturated heterocycles. The molecule has 0 unspecified atom stereocenters. The Morgan fingerprint density at radius 3 is 2.62 bits per heavy atom. The lowest BCUT2D eigenvalue weighted by atomic mass is 10.2. The van der Waals surface area contributed by atoms with Crippen LogP contribution in [0.5, 0.6) is 0 Å². The monoisotopic (exact) mass is 329 g/mol. The van der Waals surface area contributed by atoms with E-state index in [9.17, 15) is 13.2 Å². The van der Waals surface area contributed by atoms with Crippen LogP contribution >= 0.6 is 11.3 Å². The lowest BCUT2D eigenvalue weighted by molar-refractivity contribution is 0.0697. The van der Waals surface area contributed by atoms with Gasteiger partial charge in [-0.25, -0.2) is 17.9 Å². The molecular weight excluding hydrogens is 314 g/mol. The molecular formula is C12H15N3O4S2. The Labute approximate surface area is 126 Å². The number of carbonyl (C=O) groups is 1. The Kier molecular flexibility index (Phi) is 4.17. The van der Waals surface area contributed by atoms with Crippen molar-refractivity contribution in [2.75, 3.05) is 0 Å². The first-order valence-electron chi connectivity index (χ1n) is 6.03. The summed E-state index contributed by atoms with van der Waals surface area (Å²) >= 11 is 0.881. The van der Waals surface area contributed by atoms with Gasteiger partial charge in [0.2, 0.25) is 10.0 Å². The van der Waals surface area contributed by atoms with E-state index in [0.717, 1.165) is 34.4 Å². The molecule has 0 atom stereocenters. The highest BCUT2D eigenvalue weighted by Gasteiger charge is 2.20. The number of hydrogen-bond donors (Lipinski definition) is 2. The summed E-state index contributed by atoms with van der Waals surface area (Å²) < 4.78 is 28.4. The molecule has 7 nitrogen and oxygen atoms in total. The van der Waals surface area contributed by atoms with Gasteiger partial charge in [-0.3, -0.25) is 4.68 Å². The maximum absolute atomic E-state index is 12.1. The number of carboxylic acids is 1. The molecule has 0 aliphatic rings. The van der Waals surface area contributed by atoms with Crippen LogP contribution in [0.15, 0.2) is 15.7 Å². The van der Waals surface area contributed by atoms with E-state index in [1.807, 2.05) is 13.8 Å². The van der Waals surface area contributed by atoms with Gasteiger partial charge < -0.3 is 5.11 Å². The van der Waals surface area contributed by atoms with Gasteiger partial charge in [0, 0.05) is 30.2 Å². The second kappa shape index (κ2) is 5.58. The Balaban J connectivity index is 2.19. The molecule has 2 heterocycles. The highest BCUT2D eigenvalue weighted by molar-refractivity contribution is 7.91. The molecule has 0 amide bonds. The molecule has 0 fully saturated rings. The van der Waals surface area contributed by atoms with Gasteiger partial charge >= 0.3 is 5.97 Å². The maximum atomic E-state index is 12.1. The Morgan fingerprint density at radius 1 is 1.48 bits per heavy atom. The van der Waals surface area contributed by atoms with Gasteiger partial charge in [-0.2, -0.15) is 5.10 Å². The minimum absolute atomic E-state index is 0.0147. The van der Waals surface area contributed by atoms with E-state index in [1.165, 1.54) is 5.38 Å². The second-order valence-corrected chi connectivity index (χ2v) is 7.46. The average Bonchev–Trinajstić information content (AvgIpc) is 2.96. The number of nitrogens with zero attached hydrogens (tertiary/aromatic N) is 2. The lowest BCUT2D eigenvalue weighted by Gasteiger charge is -2.05. The van der Waals surface area contributed by atoms with E-state index in [4.69, 9.17) is 5.11 Å². The molecule has 0 saturated carbocycles. The summed E-state index contributed by atoms with van der Waals surface area (Å²) in [6.45, 7) is 3.79. The topological polar surface area (TPSA) is 101 Å². The first-order valence-corrected chi connectivity index (χ1v) is 8.39. The van der Waals surface area contributed by atoms with Gasteiger partial charge in [0.15, 0.2) is 0 Å². The number of thiophene rings is 1. The normalized spacial score (nSPS) is 11.8. The van der Waals surface area contributed by atoms with Gasteiger partial charge in [0.1, 0.15) is 4.21 Å². The van der Waals surface area contributed by atoms with Crippen molar-refractivity contribution < 1.29 is 18.3 Å². The van der Waals surface area contributed by atoms with Crippen molar-refractivity contribution in [3.05, 3.63) is 34.0 Å². The molecule has 21 heavy (non-hydrogen) atoms. The summed E-state index contributed by atoms with van der Waals surface area (Å²) in [4.78, 5) is 10.8. The third-order valence-corrected chi connectivity index (χ3v) is 6.03. The van der Waals surface area contributed by atoms with Crippen molar-refractivity contribution in [3.8, 4) is 0 Å². The van der Waals surface area contributed by atoms with Crippen molar-refractivity contribution in [1.29, 1.82) is 0 Å². The fourth-order valence-electron chi connectivity index (χ4n) is 1.88. The molecule has 2 aromatic rings. The number of aryl methyl sites for hydroxylation is 2. The predicted octanol–water partition coefficient (Wildman–Crippen LogP) is 1.28. The number of hydrogen-bond acceptors (Lipinski definition) is 5. The van der Waals surface area contributed by atoms with E-state index < -0.39 is 16.0 Å². The van der Waals surface area contributed by atoms with E-state index in [0.29, 0.717) is 0 Å². The lowest BCUT2D eigenvalue weighted by Crippen LogP contribution is -2.23. The highest BCUT2D eigenvalue weighted by atomic mass is 32.2. The minimum Gasteiger partial charge on any atom is -0.478 e. The molecule has 0 aliphatic carbocycles. The first-order chi connectivity index (χ1) is 9.72. The molecule has 0 spiro atoms. The Bertz CT molecular complexity index is 790. The zero-order valence-electron chi connectivity index (χ0n) is 11.7. The highest BCUT2D eigenvalue weighted by Crippen LogP contribution is 2.21. The summed E-state index contributed by atoms with van der Waals surface area (Å²) in [5, 5.41) is 14.3. The first kappa shape index (κ1) is 15.7. The largest absolute Gasteiger partial charge is 0.478 e. The summed E-state index contributed by atoms with van der Waals surface area (Å²) in [5.41, 5.74) is 2.42. The summed E-state index contributed by atoms with van der Waals surface area (Å²) in [7, 11) is -1.94. The molecule has 2 N–H and O–H groups in total. The van der Waals surface area contributed by atoms with Crippen molar-refractivity contribution in [3.63, 3.8) is 0 Å². The van der Waals surface area contributed by atoms with E-state index in [-0.39, 0.29) is 16.3 Å². The van der Waals surface area contributed by atoms with Crippen LogP contribution in [-0.4, -0.2) is 29.3 Å². The number of aromatic carboxylic acids is 1. The van der Waals surface area contributed by atoms with Crippen molar-refractivity contribution in [2.24, 2.45) is 7.05 Å². The summed E-state index contributed by atoms with van der Waals surface area (Å²) in [6, 6.07) is 1.15. The van der Waals surface area contributed by atoms with E-state index in [1.54, 1.807) is 11.7 Å². The molecule has 0 aromatic carbocycles. The van der Waals surface area contributed by atoms with Crippen LogP contribution in [0.1, 0.15) is 27.3 Å². The molecule has 9 heteroatoms. The van der Waals surface area contributed by atoms with Gasteiger partial charge in [0.25, 0.3) is 0 Å². The second-order valence-electron chi connectivity index (χ2n) is 4.56. The van der Waals surface area contributed by atoms with E-state index in [2.05, 4.69) is 9.82 Å². The molecule has 0 radical (unpaired) electrons. The van der Waals surface area contributed by atoms with Crippen LogP contribution in [0.4, 0.5) is 0 Å². The van der Waals surface area contributed by atoms with Crippen LogP contribution < -0.4 is 4.72 Å². The number of sulfonamides is 1. The van der Waals surface area contributed by atoms with Crippen LogP contribution in [0.25, 0.3) is 0 Å². The maximum Gasteiger partial charge on any atom is 0.336 e. The van der Waals surface area contributed by atoms with Crippen LogP contribution in [0, 0.1) is 13.8 Å². The molecule has 2 rings (SSSR count). The smallest absolute Gasteiger partial charge is 0.336 e. The molecule has 0 bridgehead atoms. The van der Waals surface area contributed by atoms with Crippen molar-refractivity contribution >= 4 is 27.3 Å². The van der Waals surface area contributed by atoms with Crippen molar-refractivity contribution in [2.45, 2.75) is 24.6 Å². The zero-order valence-corrected chi connectivity index (χ0v) is 13.4. The van der Waals surface area contributed by atoms with E-state index >= 15 is 0 Å². The van der Waals surface area contributed by atoms with Crippen LogP contribution in [-0.2, 0) is 23.6 Å². The zero-order chi connectivity index (χ0) is 15.8. The summed E-state index contributed by atoms with van der Waals surface area (Å²) in [5.74, 6) is -1.15.